The third-order valence-corrected chi connectivity index (χ3v) is 2.99. The van der Waals surface area contributed by atoms with Gasteiger partial charge in [-0.05, 0) is 20.8 Å². The molecule has 0 aromatic heterocycles. The van der Waals surface area contributed by atoms with E-state index in [1.165, 1.54) is 0 Å². The zero-order valence-corrected chi connectivity index (χ0v) is 8.57. The van der Waals surface area contributed by atoms with Crippen LogP contribution in [-0.2, 0) is 12.5 Å². The van der Waals surface area contributed by atoms with Gasteiger partial charge in [-0.1, -0.05) is 0 Å². The van der Waals surface area contributed by atoms with Crippen LogP contribution in [0.2, 0.25) is 0 Å². The molecule has 4 heteroatoms. The fourth-order valence-electron chi connectivity index (χ4n) is 0.744. The topological polar surface area (TPSA) is 27.7 Å². The average Bonchev–Trinajstić information content (AvgIpc) is 1.88. The maximum Gasteiger partial charge on any atom is 0.0856 e. The molecule has 0 radical (unpaired) electrons. The second-order valence-electron chi connectivity index (χ2n) is 1.92. The van der Waals surface area contributed by atoms with Crippen LogP contribution in [0, 0.1) is 0 Å². The first-order valence-corrected chi connectivity index (χ1v) is 5.71. The lowest BCUT2D eigenvalue weighted by Crippen LogP contribution is -2.10. The van der Waals surface area contributed by atoms with Gasteiger partial charge >= 0.3 is 0 Å². The second kappa shape index (κ2) is 5.83. The predicted octanol–water partition coefficient (Wildman–Crippen LogP) is 2.28. The average molecular weight is 182 g/mol. The zero-order chi connectivity index (χ0) is 8.74. The monoisotopic (exact) mass is 182 g/mol. The molecule has 0 aliphatic carbocycles. The van der Waals surface area contributed by atoms with Gasteiger partial charge in [0.05, 0.1) is 30.7 Å². The SMILES string of the molecule is CCOS(C)(OCC)OCC. The Morgan fingerprint density at radius 1 is 0.818 bits per heavy atom. The van der Waals surface area contributed by atoms with Crippen LogP contribution in [0.3, 0.4) is 0 Å². The zero-order valence-electron chi connectivity index (χ0n) is 7.75. The minimum absolute atomic E-state index is 0.631. The number of rotatable bonds is 6. The molecule has 0 N–H and O–H groups in total. The highest BCUT2D eigenvalue weighted by Gasteiger charge is 2.17. The Labute approximate surface area is 71.0 Å². The molecule has 0 amide bonds. The fourth-order valence-corrected chi connectivity index (χ4v) is 2.23. The summed E-state index contributed by atoms with van der Waals surface area (Å²) >= 11 is 0. The van der Waals surface area contributed by atoms with Crippen molar-refractivity contribution in [2.75, 3.05) is 26.1 Å². The van der Waals surface area contributed by atoms with Crippen LogP contribution >= 0.6 is 10.9 Å². The molecule has 0 heterocycles. The maximum atomic E-state index is 5.35. The predicted molar refractivity (Wildman–Crippen MR) is 48.4 cm³/mol. The summed E-state index contributed by atoms with van der Waals surface area (Å²) < 4.78 is 16.0. The first-order chi connectivity index (χ1) is 5.18. The van der Waals surface area contributed by atoms with E-state index >= 15 is 0 Å². The standard InChI is InChI=1S/C7H18O3S/c1-5-8-11(4,9-6-2)10-7-3/h5-7H2,1-4H3. The highest BCUT2D eigenvalue weighted by atomic mass is 32.3. The maximum absolute atomic E-state index is 5.35. The molecule has 0 atom stereocenters. The number of hydrogen-bond donors (Lipinski definition) is 0. The molecule has 0 aromatic rings. The van der Waals surface area contributed by atoms with E-state index in [1.54, 1.807) is 0 Å². The van der Waals surface area contributed by atoms with Gasteiger partial charge in [0.1, 0.15) is 0 Å². The van der Waals surface area contributed by atoms with Crippen molar-refractivity contribution in [1.29, 1.82) is 0 Å². The van der Waals surface area contributed by atoms with E-state index in [0.717, 1.165) is 0 Å². The van der Waals surface area contributed by atoms with Crippen molar-refractivity contribution >= 4 is 10.9 Å². The molecule has 3 nitrogen and oxygen atoms in total. The summed E-state index contributed by atoms with van der Waals surface area (Å²) in [6, 6.07) is 0. The van der Waals surface area contributed by atoms with Crippen LogP contribution in [-0.4, -0.2) is 26.1 Å². The molecular formula is C7H18O3S. The minimum Gasteiger partial charge on any atom is -0.293 e. The van der Waals surface area contributed by atoms with Crippen molar-refractivity contribution in [3.63, 3.8) is 0 Å². The van der Waals surface area contributed by atoms with E-state index in [-0.39, 0.29) is 0 Å². The molecule has 0 bridgehead atoms. The van der Waals surface area contributed by atoms with Gasteiger partial charge < -0.3 is 0 Å². The van der Waals surface area contributed by atoms with Crippen molar-refractivity contribution in [2.24, 2.45) is 0 Å². The minimum atomic E-state index is -1.69. The van der Waals surface area contributed by atoms with Crippen molar-refractivity contribution in [1.82, 2.24) is 0 Å². The van der Waals surface area contributed by atoms with E-state index in [9.17, 15) is 0 Å². The Bertz CT molecular complexity index is 80.7. The van der Waals surface area contributed by atoms with Crippen LogP contribution in [0.25, 0.3) is 0 Å². The number of hydrogen-bond acceptors (Lipinski definition) is 3. The lowest BCUT2D eigenvalue weighted by Gasteiger charge is -2.32. The summed E-state index contributed by atoms with van der Waals surface area (Å²) in [5.41, 5.74) is 0. The third kappa shape index (κ3) is 4.63. The normalized spacial score (nSPS) is 13.5. The molecule has 0 aliphatic rings. The quantitative estimate of drug-likeness (QED) is 0.630. The van der Waals surface area contributed by atoms with E-state index in [0.29, 0.717) is 19.8 Å². The Kier molecular flexibility index (Phi) is 5.95. The molecule has 0 rings (SSSR count). The van der Waals surface area contributed by atoms with Crippen LogP contribution in [0.5, 0.6) is 0 Å². The van der Waals surface area contributed by atoms with Gasteiger partial charge in [-0.2, -0.15) is 0 Å². The molecular weight excluding hydrogens is 164 g/mol. The highest BCUT2D eigenvalue weighted by Crippen LogP contribution is 2.47. The summed E-state index contributed by atoms with van der Waals surface area (Å²) in [4.78, 5) is 0. The Morgan fingerprint density at radius 2 is 1.09 bits per heavy atom. The van der Waals surface area contributed by atoms with Crippen molar-refractivity contribution in [2.45, 2.75) is 20.8 Å². The van der Waals surface area contributed by atoms with E-state index in [4.69, 9.17) is 12.5 Å². The summed E-state index contributed by atoms with van der Waals surface area (Å²) in [5, 5.41) is 0. The Morgan fingerprint density at radius 3 is 1.27 bits per heavy atom. The summed E-state index contributed by atoms with van der Waals surface area (Å²) in [6.45, 7) is 7.69. The lowest BCUT2D eigenvalue weighted by molar-refractivity contribution is 0.190. The molecule has 70 valence electrons. The molecule has 11 heavy (non-hydrogen) atoms. The van der Waals surface area contributed by atoms with Gasteiger partial charge in [0.25, 0.3) is 0 Å². The molecule has 0 saturated carbocycles. The van der Waals surface area contributed by atoms with Gasteiger partial charge in [0.15, 0.2) is 0 Å². The molecule has 0 fully saturated rings. The molecule has 0 unspecified atom stereocenters. The van der Waals surface area contributed by atoms with E-state index in [2.05, 4.69) is 0 Å². The van der Waals surface area contributed by atoms with Crippen LogP contribution in [0.4, 0.5) is 0 Å². The molecule has 0 saturated heterocycles. The first kappa shape index (κ1) is 11.2. The molecule has 0 aliphatic heterocycles. The highest BCUT2D eigenvalue weighted by molar-refractivity contribution is 8.21. The van der Waals surface area contributed by atoms with Gasteiger partial charge in [-0.15, -0.1) is 0 Å². The third-order valence-electron chi connectivity index (χ3n) is 0.996. The van der Waals surface area contributed by atoms with Gasteiger partial charge in [0.2, 0.25) is 0 Å². The summed E-state index contributed by atoms with van der Waals surface area (Å²) in [6.07, 6.45) is 1.86. The van der Waals surface area contributed by atoms with Crippen LogP contribution in [0.15, 0.2) is 0 Å². The van der Waals surface area contributed by atoms with Crippen molar-refractivity contribution in [3.05, 3.63) is 0 Å². The van der Waals surface area contributed by atoms with E-state index < -0.39 is 10.9 Å². The van der Waals surface area contributed by atoms with E-state index in [1.807, 2.05) is 27.0 Å². The Balaban J connectivity index is 3.79. The van der Waals surface area contributed by atoms with Crippen LogP contribution in [0.1, 0.15) is 20.8 Å². The Hall–Kier alpha value is 0.230. The fraction of sp³-hybridized carbons (Fsp3) is 1.00. The second-order valence-corrected chi connectivity index (χ2v) is 4.04. The summed E-state index contributed by atoms with van der Waals surface area (Å²) in [7, 11) is -1.69. The lowest BCUT2D eigenvalue weighted by atomic mass is 10.9. The van der Waals surface area contributed by atoms with Crippen molar-refractivity contribution in [3.8, 4) is 0 Å². The molecule has 0 spiro atoms. The van der Waals surface area contributed by atoms with Gasteiger partial charge in [-0.3, -0.25) is 12.5 Å². The first-order valence-electron chi connectivity index (χ1n) is 3.90. The molecule has 0 aromatic carbocycles. The smallest absolute Gasteiger partial charge is 0.0856 e. The largest absolute Gasteiger partial charge is 0.293 e. The van der Waals surface area contributed by atoms with Crippen LogP contribution < -0.4 is 0 Å². The summed E-state index contributed by atoms with van der Waals surface area (Å²) in [5.74, 6) is 0. The van der Waals surface area contributed by atoms with Gasteiger partial charge in [0, 0.05) is 6.26 Å². The van der Waals surface area contributed by atoms with Crippen molar-refractivity contribution < 1.29 is 12.5 Å². The van der Waals surface area contributed by atoms with Gasteiger partial charge in [-0.25, -0.2) is 0 Å².